The van der Waals surface area contributed by atoms with Gasteiger partial charge in [0.2, 0.25) is 0 Å². The van der Waals surface area contributed by atoms with Gasteiger partial charge in [0.1, 0.15) is 0 Å². The van der Waals surface area contributed by atoms with Crippen molar-refractivity contribution in [2.75, 3.05) is 0 Å². The van der Waals surface area contributed by atoms with E-state index >= 15 is 0 Å². The number of hydrogen-bond donors (Lipinski definition) is 0. The number of pyridine rings is 1. The lowest BCUT2D eigenvalue weighted by molar-refractivity contribution is 0.591. The standard InChI is InChI=1S/C15H19N/c1-5-13-9-7-11-6-8-12(15(2,3)4)10-14(11)16-13/h6-10H,5H2,1-4H3. The summed E-state index contributed by atoms with van der Waals surface area (Å²) in [4.78, 5) is 4.67. The van der Waals surface area contributed by atoms with Gasteiger partial charge in [-0.3, -0.25) is 4.98 Å². The highest BCUT2D eigenvalue weighted by Crippen LogP contribution is 2.25. The summed E-state index contributed by atoms with van der Waals surface area (Å²) in [5, 5.41) is 1.23. The molecule has 0 aliphatic rings. The summed E-state index contributed by atoms with van der Waals surface area (Å²) in [5.74, 6) is 0. The molecule has 2 aromatic rings. The van der Waals surface area contributed by atoms with Crippen LogP contribution in [-0.2, 0) is 11.8 Å². The summed E-state index contributed by atoms with van der Waals surface area (Å²) in [6, 6.07) is 10.9. The Kier molecular flexibility index (Phi) is 2.71. The van der Waals surface area contributed by atoms with E-state index in [9.17, 15) is 0 Å². The first-order valence-corrected chi connectivity index (χ1v) is 5.91. The normalized spacial score (nSPS) is 12.0. The van der Waals surface area contributed by atoms with E-state index in [0.717, 1.165) is 11.9 Å². The molecule has 1 aromatic heterocycles. The molecule has 1 aromatic carbocycles. The zero-order chi connectivity index (χ0) is 11.8. The summed E-state index contributed by atoms with van der Waals surface area (Å²) in [5.41, 5.74) is 3.82. The van der Waals surface area contributed by atoms with E-state index in [1.807, 2.05) is 0 Å². The fourth-order valence-electron chi connectivity index (χ4n) is 1.82. The molecule has 0 saturated carbocycles. The highest BCUT2D eigenvalue weighted by molar-refractivity contribution is 5.79. The SMILES string of the molecule is CCc1ccc2ccc(C(C)(C)C)cc2n1. The highest BCUT2D eigenvalue weighted by atomic mass is 14.7. The number of aryl methyl sites for hydroxylation is 1. The molecule has 0 saturated heterocycles. The molecule has 0 N–H and O–H groups in total. The third-order valence-electron chi connectivity index (χ3n) is 2.98. The van der Waals surface area contributed by atoms with Crippen molar-refractivity contribution in [1.29, 1.82) is 0 Å². The molecular formula is C15H19N. The number of rotatable bonds is 1. The van der Waals surface area contributed by atoms with Crippen molar-refractivity contribution in [3.8, 4) is 0 Å². The first-order valence-electron chi connectivity index (χ1n) is 5.91. The number of fused-ring (bicyclic) bond motifs is 1. The van der Waals surface area contributed by atoms with Gasteiger partial charge in [0.05, 0.1) is 5.52 Å². The molecule has 0 unspecified atom stereocenters. The second-order valence-corrected chi connectivity index (χ2v) is 5.31. The fraction of sp³-hybridized carbons (Fsp3) is 0.400. The molecule has 1 nitrogen and oxygen atoms in total. The molecule has 0 aliphatic carbocycles. The number of aromatic nitrogens is 1. The van der Waals surface area contributed by atoms with Crippen LogP contribution >= 0.6 is 0 Å². The molecule has 0 fully saturated rings. The number of nitrogens with zero attached hydrogens (tertiary/aromatic N) is 1. The van der Waals surface area contributed by atoms with Gasteiger partial charge in [-0.25, -0.2) is 0 Å². The third kappa shape index (κ3) is 2.08. The van der Waals surface area contributed by atoms with E-state index < -0.39 is 0 Å². The van der Waals surface area contributed by atoms with Crippen molar-refractivity contribution >= 4 is 10.9 Å². The maximum atomic E-state index is 4.67. The quantitative estimate of drug-likeness (QED) is 0.695. The maximum Gasteiger partial charge on any atom is 0.0708 e. The highest BCUT2D eigenvalue weighted by Gasteiger charge is 2.13. The fourth-order valence-corrected chi connectivity index (χ4v) is 1.82. The molecule has 0 atom stereocenters. The van der Waals surface area contributed by atoms with Crippen LogP contribution in [0.4, 0.5) is 0 Å². The van der Waals surface area contributed by atoms with E-state index in [1.54, 1.807) is 0 Å². The van der Waals surface area contributed by atoms with Crippen molar-refractivity contribution < 1.29 is 0 Å². The molecule has 0 radical (unpaired) electrons. The average Bonchev–Trinajstić information content (AvgIpc) is 2.26. The van der Waals surface area contributed by atoms with Gasteiger partial charge in [-0.2, -0.15) is 0 Å². The molecule has 16 heavy (non-hydrogen) atoms. The van der Waals surface area contributed by atoms with Crippen LogP contribution in [0.3, 0.4) is 0 Å². The van der Waals surface area contributed by atoms with Gasteiger partial charge in [-0.1, -0.05) is 45.9 Å². The third-order valence-corrected chi connectivity index (χ3v) is 2.98. The molecular weight excluding hydrogens is 194 g/mol. The summed E-state index contributed by atoms with van der Waals surface area (Å²) in [6.07, 6.45) is 0.996. The largest absolute Gasteiger partial charge is 0.253 e. The Bertz CT molecular complexity index is 506. The van der Waals surface area contributed by atoms with Crippen LogP contribution in [0.1, 0.15) is 39.0 Å². The van der Waals surface area contributed by atoms with E-state index in [2.05, 4.69) is 63.0 Å². The van der Waals surface area contributed by atoms with Gasteiger partial charge < -0.3 is 0 Å². The van der Waals surface area contributed by atoms with Crippen LogP contribution < -0.4 is 0 Å². The van der Waals surface area contributed by atoms with E-state index in [4.69, 9.17) is 0 Å². The lowest BCUT2D eigenvalue weighted by atomic mass is 9.86. The topological polar surface area (TPSA) is 12.9 Å². The molecule has 1 heterocycles. The summed E-state index contributed by atoms with van der Waals surface area (Å²) < 4.78 is 0. The van der Waals surface area contributed by atoms with Crippen LogP contribution in [0.5, 0.6) is 0 Å². The second kappa shape index (κ2) is 3.89. The van der Waals surface area contributed by atoms with Crippen LogP contribution in [0.25, 0.3) is 10.9 Å². The number of benzene rings is 1. The van der Waals surface area contributed by atoms with E-state index in [1.165, 1.54) is 16.6 Å². The zero-order valence-electron chi connectivity index (χ0n) is 10.5. The minimum absolute atomic E-state index is 0.193. The monoisotopic (exact) mass is 213 g/mol. The lowest BCUT2D eigenvalue weighted by Crippen LogP contribution is -2.10. The Morgan fingerprint density at radius 1 is 1.06 bits per heavy atom. The molecule has 0 aliphatic heterocycles. The van der Waals surface area contributed by atoms with Crippen molar-refractivity contribution in [3.63, 3.8) is 0 Å². The molecule has 0 spiro atoms. The molecule has 1 heteroatoms. The van der Waals surface area contributed by atoms with Crippen LogP contribution in [0, 0.1) is 0 Å². The Labute approximate surface area is 97.5 Å². The predicted octanol–water partition coefficient (Wildman–Crippen LogP) is 4.09. The molecule has 84 valence electrons. The molecule has 0 amide bonds. The minimum atomic E-state index is 0.193. The van der Waals surface area contributed by atoms with Crippen LogP contribution in [0.2, 0.25) is 0 Å². The smallest absolute Gasteiger partial charge is 0.0708 e. The van der Waals surface area contributed by atoms with Crippen LogP contribution in [0.15, 0.2) is 30.3 Å². The van der Waals surface area contributed by atoms with Gasteiger partial charge in [0.25, 0.3) is 0 Å². The predicted molar refractivity (Wildman–Crippen MR) is 69.8 cm³/mol. The Morgan fingerprint density at radius 2 is 1.75 bits per heavy atom. The first kappa shape index (κ1) is 11.1. The van der Waals surface area contributed by atoms with Crippen LogP contribution in [-0.4, -0.2) is 4.98 Å². The Hall–Kier alpha value is -1.37. The van der Waals surface area contributed by atoms with Crippen molar-refractivity contribution in [1.82, 2.24) is 4.98 Å². The molecule has 0 bridgehead atoms. The maximum absolute atomic E-state index is 4.67. The lowest BCUT2D eigenvalue weighted by Gasteiger charge is -2.19. The first-order chi connectivity index (χ1) is 7.50. The Morgan fingerprint density at radius 3 is 2.38 bits per heavy atom. The second-order valence-electron chi connectivity index (χ2n) is 5.31. The van der Waals surface area contributed by atoms with Crippen molar-refractivity contribution in [2.24, 2.45) is 0 Å². The summed E-state index contributed by atoms with van der Waals surface area (Å²) >= 11 is 0. The van der Waals surface area contributed by atoms with Gasteiger partial charge in [-0.05, 0) is 29.5 Å². The van der Waals surface area contributed by atoms with Gasteiger partial charge in [-0.15, -0.1) is 0 Å². The summed E-state index contributed by atoms with van der Waals surface area (Å²) in [6.45, 7) is 8.84. The van der Waals surface area contributed by atoms with E-state index in [0.29, 0.717) is 0 Å². The number of hydrogen-bond acceptors (Lipinski definition) is 1. The Balaban J connectivity index is 2.59. The van der Waals surface area contributed by atoms with Crippen molar-refractivity contribution in [2.45, 2.75) is 39.5 Å². The van der Waals surface area contributed by atoms with E-state index in [-0.39, 0.29) is 5.41 Å². The van der Waals surface area contributed by atoms with Gasteiger partial charge >= 0.3 is 0 Å². The zero-order valence-corrected chi connectivity index (χ0v) is 10.5. The van der Waals surface area contributed by atoms with Crippen molar-refractivity contribution in [3.05, 3.63) is 41.6 Å². The van der Waals surface area contributed by atoms with Gasteiger partial charge in [0.15, 0.2) is 0 Å². The molecule has 2 rings (SSSR count). The average molecular weight is 213 g/mol. The minimum Gasteiger partial charge on any atom is -0.253 e. The van der Waals surface area contributed by atoms with Gasteiger partial charge in [0, 0.05) is 11.1 Å². The summed E-state index contributed by atoms with van der Waals surface area (Å²) in [7, 11) is 0.